The van der Waals surface area contributed by atoms with Crippen LogP contribution in [0.25, 0.3) is 0 Å². The Bertz CT molecular complexity index is 475. The van der Waals surface area contributed by atoms with Gasteiger partial charge in [-0.25, -0.2) is 4.79 Å². The third-order valence-electron chi connectivity index (χ3n) is 3.81. The topological polar surface area (TPSA) is 92.8 Å². The fraction of sp³-hybridized carbons (Fsp3) is 0.462. The third kappa shape index (κ3) is 1.80. The summed E-state index contributed by atoms with van der Waals surface area (Å²) in [6, 6.07) is 2.83. The van der Waals surface area contributed by atoms with Gasteiger partial charge in [0, 0.05) is 17.5 Å². The zero-order valence-corrected chi connectivity index (χ0v) is 10.3. The lowest BCUT2D eigenvalue weighted by molar-refractivity contribution is 0.0696. The predicted octanol–water partition coefficient (Wildman–Crippen LogP) is 1.48. The molecule has 0 spiro atoms. The van der Waals surface area contributed by atoms with Gasteiger partial charge in [-0.3, -0.25) is 0 Å². The van der Waals surface area contributed by atoms with Gasteiger partial charge in [-0.2, -0.15) is 0 Å². The third-order valence-corrected chi connectivity index (χ3v) is 3.81. The molecule has 0 atom stereocenters. The lowest BCUT2D eigenvalue weighted by Gasteiger charge is -2.42. The molecule has 0 bridgehead atoms. The molecule has 1 saturated carbocycles. The number of carbonyl (C=O) groups is 1. The van der Waals surface area contributed by atoms with Gasteiger partial charge in [-0.15, -0.1) is 0 Å². The standard InChI is InChI=1S/C13H17NO4/c1-18-10-6-8(12(16)17)5-9(11(10)15)13(7-14)3-2-4-13/h5-6,15H,2-4,7,14H2,1H3,(H,16,17). The quantitative estimate of drug-likeness (QED) is 0.753. The summed E-state index contributed by atoms with van der Waals surface area (Å²) in [5.41, 5.74) is 6.19. The zero-order chi connectivity index (χ0) is 13.3. The SMILES string of the molecule is COc1cc(C(=O)O)cc(C2(CN)CCC2)c1O. The van der Waals surface area contributed by atoms with E-state index >= 15 is 0 Å². The maximum Gasteiger partial charge on any atom is 0.335 e. The summed E-state index contributed by atoms with van der Waals surface area (Å²) in [7, 11) is 1.40. The number of nitrogens with two attached hydrogens (primary N) is 1. The van der Waals surface area contributed by atoms with E-state index < -0.39 is 5.97 Å². The number of methoxy groups -OCH3 is 1. The number of hydrogen-bond donors (Lipinski definition) is 3. The Kier molecular flexibility index (Phi) is 3.17. The van der Waals surface area contributed by atoms with Crippen LogP contribution < -0.4 is 10.5 Å². The first-order valence-electron chi connectivity index (χ1n) is 5.89. The molecule has 18 heavy (non-hydrogen) atoms. The Labute approximate surface area is 105 Å². The molecule has 2 rings (SSSR count). The van der Waals surface area contributed by atoms with Crippen molar-refractivity contribution < 1.29 is 19.7 Å². The molecule has 4 N–H and O–H groups in total. The molecule has 5 nitrogen and oxygen atoms in total. The fourth-order valence-corrected chi connectivity index (χ4v) is 2.48. The van der Waals surface area contributed by atoms with Crippen LogP contribution >= 0.6 is 0 Å². The molecule has 0 aliphatic heterocycles. The van der Waals surface area contributed by atoms with Crippen LogP contribution in [0.3, 0.4) is 0 Å². The molecule has 98 valence electrons. The number of carboxylic acids is 1. The molecule has 0 heterocycles. The zero-order valence-electron chi connectivity index (χ0n) is 10.3. The molecule has 0 radical (unpaired) electrons. The minimum atomic E-state index is -1.04. The lowest BCUT2D eigenvalue weighted by Crippen LogP contribution is -2.41. The van der Waals surface area contributed by atoms with E-state index in [9.17, 15) is 9.90 Å². The normalized spacial score (nSPS) is 17.0. The number of aromatic hydroxyl groups is 1. The fourth-order valence-electron chi connectivity index (χ4n) is 2.48. The smallest absolute Gasteiger partial charge is 0.335 e. The van der Waals surface area contributed by atoms with Crippen LogP contribution in [-0.4, -0.2) is 29.8 Å². The monoisotopic (exact) mass is 251 g/mol. The number of ether oxygens (including phenoxy) is 1. The maximum atomic E-state index is 11.1. The molecule has 1 aliphatic rings. The van der Waals surface area contributed by atoms with Gasteiger partial charge >= 0.3 is 5.97 Å². The van der Waals surface area contributed by atoms with Gasteiger partial charge in [0.15, 0.2) is 11.5 Å². The van der Waals surface area contributed by atoms with Gasteiger partial charge in [0.25, 0.3) is 0 Å². The molecule has 0 saturated heterocycles. The van der Waals surface area contributed by atoms with E-state index in [1.807, 2.05) is 0 Å². The maximum absolute atomic E-state index is 11.1. The second-order valence-corrected chi connectivity index (χ2v) is 4.72. The number of carboxylic acid groups (broad SMARTS) is 1. The first-order valence-corrected chi connectivity index (χ1v) is 5.89. The Balaban J connectivity index is 2.58. The molecule has 1 fully saturated rings. The molecule has 5 heteroatoms. The van der Waals surface area contributed by atoms with E-state index in [2.05, 4.69) is 0 Å². The highest BCUT2D eigenvalue weighted by Crippen LogP contribution is 2.48. The van der Waals surface area contributed by atoms with Crippen molar-refractivity contribution in [3.05, 3.63) is 23.3 Å². The first-order chi connectivity index (χ1) is 8.54. The van der Waals surface area contributed by atoms with Crippen molar-refractivity contribution in [2.24, 2.45) is 5.73 Å². The van der Waals surface area contributed by atoms with E-state index in [1.54, 1.807) is 0 Å². The van der Waals surface area contributed by atoms with E-state index in [-0.39, 0.29) is 22.5 Å². The van der Waals surface area contributed by atoms with Gasteiger partial charge in [-0.05, 0) is 25.0 Å². The lowest BCUT2D eigenvalue weighted by atomic mass is 9.64. The highest BCUT2D eigenvalue weighted by atomic mass is 16.5. The summed E-state index contributed by atoms with van der Waals surface area (Å²) in [6.45, 7) is 0.396. The number of phenolic OH excluding ortho intramolecular Hbond substituents is 1. The van der Waals surface area contributed by atoms with Crippen molar-refractivity contribution >= 4 is 5.97 Å². The van der Waals surface area contributed by atoms with Crippen molar-refractivity contribution in [2.45, 2.75) is 24.7 Å². The van der Waals surface area contributed by atoms with Crippen LogP contribution in [0.2, 0.25) is 0 Å². The Morgan fingerprint density at radius 2 is 2.17 bits per heavy atom. The van der Waals surface area contributed by atoms with Crippen LogP contribution in [0.15, 0.2) is 12.1 Å². The van der Waals surface area contributed by atoms with E-state index in [1.165, 1.54) is 19.2 Å². The molecule has 0 unspecified atom stereocenters. The summed E-state index contributed by atoms with van der Waals surface area (Å²) < 4.78 is 5.03. The summed E-state index contributed by atoms with van der Waals surface area (Å²) in [5, 5.41) is 19.2. The summed E-state index contributed by atoms with van der Waals surface area (Å²) >= 11 is 0. The summed E-state index contributed by atoms with van der Waals surface area (Å²) in [5.74, 6) is -0.849. The average Bonchev–Trinajstić information content (AvgIpc) is 2.30. The average molecular weight is 251 g/mol. The second kappa shape index (κ2) is 4.49. The molecule has 1 aromatic carbocycles. The molecule has 0 aromatic heterocycles. The van der Waals surface area contributed by atoms with Crippen LogP contribution in [0.5, 0.6) is 11.5 Å². The Morgan fingerprint density at radius 1 is 1.50 bits per heavy atom. The van der Waals surface area contributed by atoms with E-state index in [0.717, 1.165) is 19.3 Å². The molecule has 1 aromatic rings. The molecule has 1 aliphatic carbocycles. The Hall–Kier alpha value is -1.75. The minimum Gasteiger partial charge on any atom is -0.504 e. The van der Waals surface area contributed by atoms with E-state index in [0.29, 0.717) is 12.1 Å². The largest absolute Gasteiger partial charge is 0.504 e. The second-order valence-electron chi connectivity index (χ2n) is 4.72. The van der Waals surface area contributed by atoms with Crippen LogP contribution in [0.1, 0.15) is 35.2 Å². The van der Waals surface area contributed by atoms with E-state index in [4.69, 9.17) is 15.6 Å². The molecule has 0 amide bonds. The van der Waals surface area contributed by atoms with Crippen molar-refractivity contribution in [1.82, 2.24) is 0 Å². The molecular formula is C13H17NO4. The predicted molar refractivity (Wildman–Crippen MR) is 66.2 cm³/mol. The van der Waals surface area contributed by atoms with Gasteiger partial charge in [0.05, 0.1) is 12.7 Å². The number of hydrogen-bond acceptors (Lipinski definition) is 4. The number of aromatic carboxylic acids is 1. The van der Waals surface area contributed by atoms with Crippen LogP contribution in [0, 0.1) is 0 Å². The van der Waals surface area contributed by atoms with Gasteiger partial charge in [-0.1, -0.05) is 6.42 Å². The van der Waals surface area contributed by atoms with Crippen molar-refractivity contribution in [3.8, 4) is 11.5 Å². The summed E-state index contributed by atoms with van der Waals surface area (Å²) in [4.78, 5) is 11.1. The molecular weight excluding hydrogens is 234 g/mol. The van der Waals surface area contributed by atoms with Gasteiger partial charge in [0.2, 0.25) is 0 Å². The van der Waals surface area contributed by atoms with Crippen molar-refractivity contribution in [1.29, 1.82) is 0 Å². The number of rotatable bonds is 4. The summed E-state index contributed by atoms with van der Waals surface area (Å²) in [6.07, 6.45) is 2.77. The highest BCUT2D eigenvalue weighted by Gasteiger charge is 2.40. The van der Waals surface area contributed by atoms with Gasteiger partial charge < -0.3 is 20.7 Å². The van der Waals surface area contributed by atoms with Crippen LogP contribution in [-0.2, 0) is 5.41 Å². The highest BCUT2D eigenvalue weighted by molar-refractivity contribution is 5.89. The van der Waals surface area contributed by atoms with Crippen molar-refractivity contribution in [2.75, 3.05) is 13.7 Å². The number of benzene rings is 1. The minimum absolute atomic E-state index is 0.00708. The number of phenols is 1. The Morgan fingerprint density at radius 3 is 2.56 bits per heavy atom. The van der Waals surface area contributed by atoms with Crippen molar-refractivity contribution in [3.63, 3.8) is 0 Å². The van der Waals surface area contributed by atoms with Crippen LogP contribution in [0.4, 0.5) is 0 Å². The first kappa shape index (κ1) is 12.7. The van der Waals surface area contributed by atoms with Gasteiger partial charge in [0.1, 0.15) is 0 Å².